The molecule has 0 bridgehead atoms. The van der Waals surface area contributed by atoms with E-state index in [9.17, 15) is 14.4 Å². The minimum Gasteiger partial charge on any atom is -0.459 e. The van der Waals surface area contributed by atoms with Crippen LogP contribution < -0.4 is 15.8 Å². The number of ether oxygens (including phenoxy) is 3. The molecule has 12 heteroatoms. The molecule has 0 saturated carbocycles. The largest absolute Gasteiger partial charge is 0.459 e. The molecule has 3 N–H and O–H groups in total. The Morgan fingerprint density at radius 1 is 1.02 bits per heavy atom. The number of hydrogen-bond acceptors (Lipinski definition) is 8. The van der Waals surface area contributed by atoms with Gasteiger partial charge in [-0.3, -0.25) is 14.4 Å². The summed E-state index contributed by atoms with van der Waals surface area (Å²) in [7, 11) is 0. The van der Waals surface area contributed by atoms with Crippen LogP contribution in [0.1, 0.15) is 45.8 Å². The molecule has 2 amide bonds. The van der Waals surface area contributed by atoms with Crippen LogP contribution in [-0.4, -0.2) is 70.4 Å². The summed E-state index contributed by atoms with van der Waals surface area (Å²) in [6.07, 6.45) is 0.788. The van der Waals surface area contributed by atoms with Crippen molar-refractivity contribution in [3.63, 3.8) is 0 Å². The minimum absolute atomic E-state index is 0.0268. The Labute approximate surface area is 256 Å². The Morgan fingerprint density at radius 2 is 1.63 bits per heavy atom. The first-order valence-corrected chi connectivity index (χ1v) is 15.3. The second-order valence-electron chi connectivity index (χ2n) is 10.0. The van der Waals surface area contributed by atoms with E-state index in [0.717, 1.165) is 0 Å². The molecular formula is C29H39Cl2N3O6S. The Bertz CT molecular complexity index is 1120. The molecule has 0 aliphatic rings. The van der Waals surface area contributed by atoms with Gasteiger partial charge in [0, 0.05) is 13.2 Å². The number of nitrogens with one attached hydrogen (secondary N) is 1. The van der Waals surface area contributed by atoms with E-state index in [1.165, 1.54) is 16.7 Å². The third-order valence-electron chi connectivity index (χ3n) is 5.67. The molecule has 0 aromatic heterocycles. The van der Waals surface area contributed by atoms with Crippen LogP contribution >= 0.6 is 35.0 Å². The van der Waals surface area contributed by atoms with Crippen molar-refractivity contribution in [1.82, 2.24) is 10.2 Å². The molecule has 0 saturated heterocycles. The predicted octanol–water partition coefficient (Wildman–Crippen LogP) is 5.05. The standard InChI is InChI=1S/C29H39Cl2N3O6S/c1-6-38-17-16-34(27(36)24(30)31)25(19-12-14-21(15-13-19)39-20-10-8-7-9-11-20)33-26(35)22(32)18-23(41-5)28(37)40-29(2,3)4/h7-15,22-25H,6,16-18,32H2,1-5H3,(H,33,35)/t22?,23-,25?/m0/s1. The van der Waals surface area contributed by atoms with Gasteiger partial charge in [0.1, 0.15) is 28.5 Å². The zero-order valence-electron chi connectivity index (χ0n) is 24.0. The lowest BCUT2D eigenvalue weighted by Gasteiger charge is -2.34. The Kier molecular flexibility index (Phi) is 14.2. The third-order valence-corrected chi connectivity index (χ3v) is 7.00. The first-order valence-electron chi connectivity index (χ1n) is 13.2. The van der Waals surface area contributed by atoms with Gasteiger partial charge in [0.25, 0.3) is 5.91 Å². The maximum Gasteiger partial charge on any atom is 0.319 e. The topological polar surface area (TPSA) is 120 Å². The molecule has 0 aliphatic heterocycles. The van der Waals surface area contributed by atoms with Gasteiger partial charge in [-0.1, -0.05) is 53.5 Å². The first kappa shape index (κ1) is 34.7. The summed E-state index contributed by atoms with van der Waals surface area (Å²) in [5.74, 6) is -0.435. The van der Waals surface area contributed by atoms with Gasteiger partial charge in [0.2, 0.25) is 5.91 Å². The molecule has 2 aromatic rings. The number of hydrogen-bond donors (Lipinski definition) is 2. The van der Waals surface area contributed by atoms with Crippen LogP contribution in [0.5, 0.6) is 11.5 Å². The summed E-state index contributed by atoms with van der Waals surface area (Å²) in [6, 6.07) is 15.1. The van der Waals surface area contributed by atoms with Crippen LogP contribution in [-0.2, 0) is 23.9 Å². The minimum atomic E-state index is -1.38. The fraction of sp³-hybridized carbons (Fsp3) is 0.483. The summed E-state index contributed by atoms with van der Waals surface area (Å²) in [5.41, 5.74) is 6.13. The SMILES string of the molecule is CCOCCN(C(=O)C(Cl)Cl)C(NC(=O)C(N)C[C@H](SC)C(=O)OC(C)(C)C)c1ccc(Oc2ccccc2)cc1. The predicted molar refractivity (Wildman–Crippen MR) is 163 cm³/mol. The number of halogens is 2. The molecule has 2 aromatic carbocycles. The Balaban J connectivity index is 2.32. The van der Waals surface area contributed by atoms with E-state index in [-0.39, 0.29) is 19.6 Å². The monoisotopic (exact) mass is 627 g/mol. The number of thioether (sulfide) groups is 1. The molecule has 2 rings (SSSR count). The van der Waals surface area contributed by atoms with Crippen molar-refractivity contribution in [2.75, 3.05) is 26.0 Å². The summed E-state index contributed by atoms with van der Waals surface area (Å²) >= 11 is 13.2. The normalized spacial score (nSPS) is 13.7. The second kappa shape index (κ2) is 16.8. The molecule has 0 fully saturated rings. The van der Waals surface area contributed by atoms with Crippen molar-refractivity contribution >= 4 is 52.7 Å². The molecule has 0 aliphatic carbocycles. The Hall–Kier alpha value is -2.50. The number of carbonyl (C=O) groups excluding carboxylic acids is 3. The van der Waals surface area contributed by atoms with Crippen LogP contribution in [0.2, 0.25) is 0 Å². The lowest BCUT2D eigenvalue weighted by molar-refractivity contribution is -0.154. The number of rotatable bonds is 15. The highest BCUT2D eigenvalue weighted by Crippen LogP contribution is 2.27. The van der Waals surface area contributed by atoms with Gasteiger partial charge >= 0.3 is 5.97 Å². The smallest absolute Gasteiger partial charge is 0.319 e. The summed E-state index contributed by atoms with van der Waals surface area (Å²) in [6.45, 7) is 7.84. The number of nitrogens with zero attached hydrogens (tertiary/aromatic N) is 1. The maximum absolute atomic E-state index is 13.4. The molecule has 2 unspecified atom stereocenters. The van der Waals surface area contributed by atoms with Crippen molar-refractivity contribution in [2.45, 2.75) is 62.0 Å². The van der Waals surface area contributed by atoms with Crippen molar-refractivity contribution in [1.29, 1.82) is 0 Å². The first-order chi connectivity index (χ1) is 19.4. The number of nitrogens with two attached hydrogens (primary N) is 1. The van der Waals surface area contributed by atoms with Crippen molar-refractivity contribution in [3.05, 3.63) is 60.2 Å². The van der Waals surface area contributed by atoms with Crippen molar-refractivity contribution in [2.24, 2.45) is 5.73 Å². The zero-order chi connectivity index (χ0) is 30.6. The fourth-order valence-corrected chi connectivity index (χ4v) is 4.61. The Morgan fingerprint density at radius 3 is 2.17 bits per heavy atom. The molecule has 9 nitrogen and oxygen atoms in total. The highest BCUT2D eigenvalue weighted by Gasteiger charge is 2.33. The van der Waals surface area contributed by atoms with Gasteiger partial charge < -0.3 is 30.2 Å². The van der Waals surface area contributed by atoms with Gasteiger partial charge in [0.05, 0.1) is 12.6 Å². The number of amides is 2. The van der Waals surface area contributed by atoms with E-state index < -0.39 is 45.7 Å². The lowest BCUT2D eigenvalue weighted by atomic mass is 10.1. The quantitative estimate of drug-likeness (QED) is 0.122. The van der Waals surface area contributed by atoms with Gasteiger partial charge in [-0.15, -0.1) is 0 Å². The highest BCUT2D eigenvalue weighted by molar-refractivity contribution is 7.99. The van der Waals surface area contributed by atoms with Crippen molar-refractivity contribution in [3.8, 4) is 11.5 Å². The van der Waals surface area contributed by atoms with E-state index in [0.29, 0.717) is 23.7 Å². The third kappa shape index (κ3) is 11.7. The molecule has 0 heterocycles. The van der Waals surface area contributed by atoms with Crippen molar-refractivity contribution < 1.29 is 28.6 Å². The second-order valence-corrected chi connectivity index (χ2v) is 12.2. The van der Waals surface area contributed by atoms with Crippen LogP contribution in [0, 0.1) is 0 Å². The highest BCUT2D eigenvalue weighted by atomic mass is 35.5. The van der Waals surface area contributed by atoms with Crippen LogP contribution in [0.15, 0.2) is 54.6 Å². The molecular weight excluding hydrogens is 589 g/mol. The lowest BCUT2D eigenvalue weighted by Crippen LogP contribution is -2.52. The number of alkyl halides is 2. The zero-order valence-corrected chi connectivity index (χ0v) is 26.3. The van der Waals surface area contributed by atoms with Gasteiger partial charge in [-0.2, -0.15) is 11.8 Å². The van der Waals surface area contributed by atoms with E-state index in [1.54, 1.807) is 51.3 Å². The van der Waals surface area contributed by atoms with Gasteiger partial charge in [0.15, 0.2) is 4.84 Å². The van der Waals surface area contributed by atoms with E-state index in [2.05, 4.69) is 5.32 Å². The molecule has 41 heavy (non-hydrogen) atoms. The summed E-state index contributed by atoms with van der Waals surface area (Å²) in [4.78, 5) is 39.0. The number of esters is 1. The summed E-state index contributed by atoms with van der Waals surface area (Å²) in [5, 5.41) is 2.19. The van der Waals surface area contributed by atoms with Crippen LogP contribution in [0.4, 0.5) is 0 Å². The van der Waals surface area contributed by atoms with Gasteiger partial charge in [-0.25, -0.2) is 0 Å². The van der Waals surface area contributed by atoms with Gasteiger partial charge in [-0.05, 0) is 70.2 Å². The number of para-hydroxylation sites is 1. The molecule has 226 valence electrons. The average molecular weight is 629 g/mol. The molecule has 0 radical (unpaired) electrons. The van der Waals surface area contributed by atoms with Crippen LogP contribution in [0.25, 0.3) is 0 Å². The number of benzene rings is 2. The molecule has 3 atom stereocenters. The van der Waals surface area contributed by atoms with E-state index >= 15 is 0 Å². The average Bonchev–Trinajstić information content (AvgIpc) is 2.92. The summed E-state index contributed by atoms with van der Waals surface area (Å²) < 4.78 is 16.8. The molecule has 0 spiro atoms. The fourth-order valence-electron chi connectivity index (χ4n) is 3.72. The van der Waals surface area contributed by atoms with E-state index in [1.807, 2.05) is 37.3 Å². The number of carbonyl (C=O) groups is 3. The van der Waals surface area contributed by atoms with E-state index in [4.69, 9.17) is 43.1 Å². The maximum atomic E-state index is 13.4. The van der Waals surface area contributed by atoms with Crippen LogP contribution in [0.3, 0.4) is 0 Å².